The second kappa shape index (κ2) is 7.40. The van der Waals surface area contributed by atoms with Gasteiger partial charge in [0.1, 0.15) is 0 Å². The zero-order valence-electron chi connectivity index (χ0n) is 14.9. The Hall–Kier alpha value is -1.47. The second-order valence-electron chi connectivity index (χ2n) is 7.64. The van der Waals surface area contributed by atoms with Crippen molar-refractivity contribution < 1.29 is 9.59 Å². The van der Waals surface area contributed by atoms with Crippen molar-refractivity contribution >= 4 is 28.3 Å². The van der Waals surface area contributed by atoms with E-state index in [9.17, 15) is 9.59 Å². The summed E-state index contributed by atoms with van der Waals surface area (Å²) >= 11 is 1.33. The Morgan fingerprint density at radius 1 is 1.30 bits per heavy atom. The van der Waals surface area contributed by atoms with Crippen molar-refractivity contribution in [2.45, 2.75) is 41.0 Å². The van der Waals surface area contributed by atoms with E-state index >= 15 is 0 Å². The van der Waals surface area contributed by atoms with Crippen LogP contribution < -0.4 is 11.1 Å². The summed E-state index contributed by atoms with van der Waals surface area (Å²) in [6, 6.07) is 0. The first-order valence-corrected chi connectivity index (χ1v) is 8.52. The Labute approximate surface area is 142 Å². The molecule has 0 spiro atoms. The average molecular weight is 340 g/mol. The standard InChI is InChI=1S/C16H28N4O2S/c1-15(2,3)13(22)19-14-18-11(8-23-14)7-12(21)20(6)10-16(4,5)9-17/h8H,7,9-10,17H2,1-6H3,(H,18,19,22). The number of rotatable bonds is 6. The molecule has 0 unspecified atom stereocenters. The molecule has 0 aliphatic rings. The van der Waals surface area contributed by atoms with Crippen LogP contribution in [0.5, 0.6) is 0 Å². The molecule has 0 aromatic carbocycles. The predicted molar refractivity (Wildman–Crippen MR) is 94.4 cm³/mol. The summed E-state index contributed by atoms with van der Waals surface area (Å²) < 4.78 is 0. The van der Waals surface area contributed by atoms with E-state index in [-0.39, 0.29) is 23.7 Å². The predicted octanol–water partition coefficient (Wildman–Crippen LogP) is 2.11. The molecule has 7 heteroatoms. The first-order chi connectivity index (χ1) is 10.4. The van der Waals surface area contributed by atoms with Crippen molar-refractivity contribution in [3.05, 3.63) is 11.1 Å². The molecule has 3 N–H and O–H groups in total. The molecule has 0 saturated carbocycles. The van der Waals surface area contributed by atoms with Crippen molar-refractivity contribution in [1.82, 2.24) is 9.88 Å². The third kappa shape index (κ3) is 6.27. The van der Waals surface area contributed by atoms with E-state index in [4.69, 9.17) is 5.73 Å². The van der Waals surface area contributed by atoms with Crippen LogP contribution in [0.2, 0.25) is 0 Å². The fraction of sp³-hybridized carbons (Fsp3) is 0.688. The van der Waals surface area contributed by atoms with Gasteiger partial charge in [0.15, 0.2) is 5.13 Å². The van der Waals surface area contributed by atoms with Gasteiger partial charge in [-0.15, -0.1) is 11.3 Å². The van der Waals surface area contributed by atoms with Gasteiger partial charge in [-0.3, -0.25) is 9.59 Å². The summed E-state index contributed by atoms with van der Waals surface area (Å²) in [4.78, 5) is 30.2. The van der Waals surface area contributed by atoms with Gasteiger partial charge in [-0.1, -0.05) is 34.6 Å². The van der Waals surface area contributed by atoms with Crippen LogP contribution in [0.1, 0.15) is 40.3 Å². The van der Waals surface area contributed by atoms with E-state index in [2.05, 4.69) is 10.3 Å². The van der Waals surface area contributed by atoms with E-state index < -0.39 is 5.41 Å². The van der Waals surface area contributed by atoms with Crippen LogP contribution in [0.15, 0.2) is 5.38 Å². The van der Waals surface area contributed by atoms with Crippen LogP contribution in [0.3, 0.4) is 0 Å². The fourth-order valence-corrected chi connectivity index (χ4v) is 2.52. The highest BCUT2D eigenvalue weighted by Gasteiger charge is 2.23. The number of carbonyl (C=O) groups is 2. The quantitative estimate of drug-likeness (QED) is 0.830. The largest absolute Gasteiger partial charge is 0.345 e. The number of nitrogens with zero attached hydrogens (tertiary/aromatic N) is 2. The molecule has 0 radical (unpaired) electrons. The molecule has 0 bridgehead atoms. The minimum atomic E-state index is -0.477. The summed E-state index contributed by atoms with van der Waals surface area (Å²) in [5.41, 5.74) is 5.78. The lowest BCUT2D eigenvalue weighted by atomic mass is 9.93. The molecule has 0 atom stereocenters. The molecule has 0 saturated heterocycles. The number of carbonyl (C=O) groups excluding carboxylic acids is 2. The number of hydrogen-bond acceptors (Lipinski definition) is 5. The fourth-order valence-electron chi connectivity index (χ4n) is 1.81. The highest BCUT2D eigenvalue weighted by Crippen LogP contribution is 2.21. The van der Waals surface area contributed by atoms with Gasteiger partial charge in [-0.2, -0.15) is 0 Å². The van der Waals surface area contributed by atoms with Crippen molar-refractivity contribution in [1.29, 1.82) is 0 Å². The van der Waals surface area contributed by atoms with E-state index in [0.717, 1.165) is 0 Å². The summed E-state index contributed by atoms with van der Waals surface area (Å²) in [5, 5.41) is 5.11. The zero-order chi connectivity index (χ0) is 17.8. The summed E-state index contributed by atoms with van der Waals surface area (Å²) in [7, 11) is 1.77. The monoisotopic (exact) mass is 340 g/mol. The van der Waals surface area contributed by atoms with E-state index in [1.165, 1.54) is 11.3 Å². The Morgan fingerprint density at radius 3 is 2.43 bits per heavy atom. The number of anilines is 1. The van der Waals surface area contributed by atoms with Crippen molar-refractivity contribution in [2.75, 3.05) is 25.5 Å². The Morgan fingerprint density at radius 2 is 1.91 bits per heavy atom. The topological polar surface area (TPSA) is 88.3 Å². The molecule has 2 amide bonds. The second-order valence-corrected chi connectivity index (χ2v) is 8.50. The van der Waals surface area contributed by atoms with Crippen LogP contribution in [0.25, 0.3) is 0 Å². The molecule has 1 rings (SSSR count). The first-order valence-electron chi connectivity index (χ1n) is 7.64. The summed E-state index contributed by atoms with van der Waals surface area (Å²) in [6.45, 7) is 10.7. The lowest BCUT2D eigenvalue weighted by Gasteiger charge is -2.28. The van der Waals surface area contributed by atoms with Crippen LogP contribution in [-0.2, 0) is 16.0 Å². The molecular weight excluding hydrogens is 312 g/mol. The van der Waals surface area contributed by atoms with Crippen LogP contribution in [0.4, 0.5) is 5.13 Å². The first kappa shape index (κ1) is 19.6. The molecule has 23 heavy (non-hydrogen) atoms. The molecule has 6 nitrogen and oxygen atoms in total. The normalized spacial score (nSPS) is 12.1. The average Bonchev–Trinajstić information content (AvgIpc) is 2.84. The number of nitrogens with two attached hydrogens (primary N) is 1. The lowest BCUT2D eigenvalue weighted by molar-refractivity contribution is -0.130. The van der Waals surface area contributed by atoms with Gasteiger partial charge in [0, 0.05) is 24.4 Å². The van der Waals surface area contributed by atoms with E-state index in [1.54, 1.807) is 17.3 Å². The number of likely N-dealkylation sites (N-methyl/N-ethyl adjacent to an activating group) is 1. The molecule has 1 aromatic rings. The van der Waals surface area contributed by atoms with Crippen LogP contribution in [-0.4, -0.2) is 41.8 Å². The van der Waals surface area contributed by atoms with Gasteiger partial charge >= 0.3 is 0 Å². The Balaban J connectivity index is 2.62. The van der Waals surface area contributed by atoms with Gasteiger partial charge in [-0.05, 0) is 12.0 Å². The number of hydrogen-bond donors (Lipinski definition) is 2. The Kier molecular flexibility index (Phi) is 6.30. The zero-order valence-corrected chi connectivity index (χ0v) is 15.7. The lowest BCUT2D eigenvalue weighted by Crippen LogP contribution is -2.40. The molecule has 1 heterocycles. The van der Waals surface area contributed by atoms with E-state index in [1.807, 2.05) is 34.6 Å². The van der Waals surface area contributed by atoms with Gasteiger partial charge in [-0.25, -0.2) is 4.98 Å². The minimum absolute atomic E-state index is 0.00878. The van der Waals surface area contributed by atoms with Crippen LogP contribution in [0, 0.1) is 10.8 Å². The van der Waals surface area contributed by atoms with Crippen molar-refractivity contribution in [3.8, 4) is 0 Å². The van der Waals surface area contributed by atoms with Crippen molar-refractivity contribution in [3.63, 3.8) is 0 Å². The maximum Gasteiger partial charge on any atom is 0.231 e. The van der Waals surface area contributed by atoms with Gasteiger partial charge in [0.2, 0.25) is 11.8 Å². The molecular formula is C16H28N4O2S. The SMILES string of the molecule is CN(CC(C)(C)CN)C(=O)Cc1csc(NC(=O)C(C)(C)C)n1. The number of amides is 2. The van der Waals surface area contributed by atoms with Gasteiger partial charge in [0.05, 0.1) is 12.1 Å². The summed E-state index contributed by atoms with van der Waals surface area (Å²) in [5.74, 6) is -0.0999. The van der Waals surface area contributed by atoms with Crippen LogP contribution >= 0.6 is 11.3 Å². The maximum atomic E-state index is 12.3. The highest BCUT2D eigenvalue weighted by molar-refractivity contribution is 7.13. The summed E-state index contributed by atoms with van der Waals surface area (Å²) in [6.07, 6.45) is 0.221. The van der Waals surface area contributed by atoms with Crippen molar-refractivity contribution in [2.24, 2.45) is 16.6 Å². The number of thiazole rings is 1. The molecule has 0 fully saturated rings. The molecule has 0 aliphatic carbocycles. The molecule has 1 aromatic heterocycles. The van der Waals surface area contributed by atoms with Gasteiger partial charge < -0.3 is 16.0 Å². The smallest absolute Gasteiger partial charge is 0.231 e. The number of nitrogens with one attached hydrogen (secondary N) is 1. The highest BCUT2D eigenvalue weighted by atomic mass is 32.1. The van der Waals surface area contributed by atoms with E-state index in [0.29, 0.717) is 23.9 Å². The Bertz CT molecular complexity index is 561. The maximum absolute atomic E-state index is 12.3. The van der Waals surface area contributed by atoms with Gasteiger partial charge in [0.25, 0.3) is 0 Å². The third-order valence-corrected chi connectivity index (χ3v) is 4.24. The molecule has 0 aliphatic heterocycles. The number of aromatic nitrogens is 1. The third-order valence-electron chi connectivity index (χ3n) is 3.43. The minimum Gasteiger partial charge on any atom is -0.345 e. The molecule has 130 valence electrons.